The Balaban J connectivity index is 1.12. The molecular formula is C33H31N5O10S3. The molecule has 6 rings (SSSR count). The van der Waals surface area contributed by atoms with Crippen LogP contribution >= 0.6 is 34.9 Å². The maximum atomic E-state index is 13.6. The molecule has 1 aromatic heterocycles. The minimum atomic E-state index is -1.04. The van der Waals surface area contributed by atoms with Gasteiger partial charge in [-0.05, 0) is 24.3 Å². The second-order valence-corrected chi connectivity index (χ2v) is 14.0. The van der Waals surface area contributed by atoms with Crippen molar-refractivity contribution in [1.29, 1.82) is 0 Å². The summed E-state index contributed by atoms with van der Waals surface area (Å²) < 4.78 is 21.1. The second-order valence-electron chi connectivity index (χ2n) is 11.1. The molecule has 4 heterocycles. The summed E-state index contributed by atoms with van der Waals surface area (Å²) in [6.07, 6.45) is -1.20. The van der Waals surface area contributed by atoms with Crippen molar-refractivity contribution in [3.8, 4) is 0 Å². The Morgan fingerprint density at radius 2 is 1.78 bits per heavy atom. The van der Waals surface area contributed by atoms with E-state index >= 15 is 0 Å². The van der Waals surface area contributed by atoms with Crippen molar-refractivity contribution in [3.05, 3.63) is 93.5 Å². The van der Waals surface area contributed by atoms with Gasteiger partial charge in [-0.2, -0.15) is 0 Å². The van der Waals surface area contributed by atoms with E-state index in [2.05, 4.69) is 15.5 Å². The number of oxime groups is 1. The first-order chi connectivity index (χ1) is 24.6. The van der Waals surface area contributed by atoms with Crippen molar-refractivity contribution in [1.82, 2.24) is 15.2 Å². The predicted octanol–water partition coefficient (Wildman–Crippen LogP) is 3.22. The molecule has 51 heavy (non-hydrogen) atoms. The molecule has 3 aliphatic heterocycles. The Kier molecular flexibility index (Phi) is 11.1. The van der Waals surface area contributed by atoms with Gasteiger partial charge in [-0.1, -0.05) is 65.8 Å². The number of nitrogens with zero attached hydrogens (tertiary/aromatic N) is 3. The van der Waals surface area contributed by atoms with Crippen LogP contribution in [-0.2, 0) is 43.0 Å². The summed E-state index contributed by atoms with van der Waals surface area (Å²) in [6.45, 7) is 0.705. The van der Waals surface area contributed by atoms with Crippen molar-refractivity contribution < 1.29 is 47.8 Å². The van der Waals surface area contributed by atoms with E-state index in [1.54, 1.807) is 13.2 Å². The number of hydrogen-bond acceptors (Lipinski definition) is 16. The van der Waals surface area contributed by atoms with E-state index in [1.165, 1.54) is 33.8 Å². The number of anilines is 1. The van der Waals surface area contributed by atoms with Gasteiger partial charge in [0, 0.05) is 16.0 Å². The number of esters is 2. The van der Waals surface area contributed by atoms with Crippen molar-refractivity contribution in [3.63, 3.8) is 0 Å². The summed E-state index contributed by atoms with van der Waals surface area (Å²) in [5.74, 6) is -2.54. The smallest absolute Gasteiger partial charge is 0.457 e. The van der Waals surface area contributed by atoms with E-state index in [0.717, 1.165) is 22.5 Å². The second kappa shape index (κ2) is 15.9. The first-order valence-corrected chi connectivity index (χ1v) is 18.6. The quantitative estimate of drug-likeness (QED) is 0.0848. The molecule has 2 aromatic carbocycles. The number of carbonyl (C=O) groups is 5. The molecule has 3 aromatic rings. The zero-order valence-corrected chi connectivity index (χ0v) is 29.5. The Labute approximate surface area is 303 Å². The van der Waals surface area contributed by atoms with Crippen LogP contribution in [0.3, 0.4) is 0 Å². The topological polar surface area (TPSA) is 198 Å². The summed E-state index contributed by atoms with van der Waals surface area (Å²) in [6, 6.07) is 17.3. The van der Waals surface area contributed by atoms with E-state index in [0.29, 0.717) is 10.7 Å². The number of amides is 2. The first kappa shape index (κ1) is 35.7. The van der Waals surface area contributed by atoms with Gasteiger partial charge >= 0.3 is 18.1 Å². The van der Waals surface area contributed by atoms with E-state index in [1.807, 2.05) is 60.7 Å². The van der Waals surface area contributed by atoms with E-state index in [4.69, 9.17) is 29.5 Å². The highest BCUT2D eigenvalue weighted by molar-refractivity contribution is 8.05. The van der Waals surface area contributed by atoms with Gasteiger partial charge in [-0.15, -0.1) is 34.9 Å². The van der Waals surface area contributed by atoms with Crippen LogP contribution in [0.15, 0.2) is 81.8 Å². The standard InChI is InChI=1S/C33H31N5O10S3/c1-17-21(47-33(43)46-17)13-44-31(42)26-22(49-2)16-50-30-25(29(41)38(26)30)36-28(40)24(20-15-51-32(34)35-20)37-45-14-23(39)48-27(18-9-5-3-6-10-18)19-11-7-4-8-12-19/h3-12,15,17,21,25,27,30H,13-14,16H2,1-2H3,(H2,34,35)(H,36,40)/b37-24+. The molecule has 3 aliphatic rings. The Bertz CT molecular complexity index is 1830. The largest absolute Gasteiger partial charge is 0.509 e. The van der Waals surface area contributed by atoms with Crippen LogP contribution < -0.4 is 11.1 Å². The van der Waals surface area contributed by atoms with Gasteiger partial charge < -0.3 is 34.8 Å². The molecule has 0 bridgehead atoms. The van der Waals surface area contributed by atoms with Crippen molar-refractivity contribution in [2.75, 3.05) is 31.0 Å². The summed E-state index contributed by atoms with van der Waals surface area (Å²) in [5, 5.41) is 7.56. The number of hydrogen-bond donors (Lipinski definition) is 2. The van der Waals surface area contributed by atoms with Crippen LogP contribution in [0.5, 0.6) is 0 Å². The first-order valence-electron chi connectivity index (χ1n) is 15.4. The summed E-state index contributed by atoms with van der Waals surface area (Å²) in [5.41, 5.74) is 7.10. The minimum Gasteiger partial charge on any atom is -0.457 e. The van der Waals surface area contributed by atoms with Gasteiger partial charge in [-0.25, -0.2) is 19.4 Å². The number of nitrogen functional groups attached to an aromatic ring is 1. The van der Waals surface area contributed by atoms with Crippen LogP contribution in [0.4, 0.5) is 9.93 Å². The summed E-state index contributed by atoms with van der Waals surface area (Å²) >= 11 is 3.69. The Morgan fingerprint density at radius 1 is 1.10 bits per heavy atom. The van der Waals surface area contributed by atoms with Gasteiger partial charge in [0.2, 0.25) is 6.61 Å². The summed E-state index contributed by atoms with van der Waals surface area (Å²) in [7, 11) is 0. The van der Waals surface area contributed by atoms with Gasteiger partial charge in [0.1, 0.15) is 35.5 Å². The number of nitrogens with two attached hydrogens (primary N) is 1. The lowest BCUT2D eigenvalue weighted by Gasteiger charge is -2.49. The molecule has 2 amide bonds. The number of aromatic nitrogens is 1. The molecule has 4 atom stereocenters. The average molecular weight is 754 g/mol. The highest BCUT2D eigenvalue weighted by atomic mass is 32.2. The highest BCUT2D eigenvalue weighted by Crippen LogP contribution is 2.43. The van der Waals surface area contributed by atoms with Crippen molar-refractivity contribution >= 4 is 75.6 Å². The van der Waals surface area contributed by atoms with Gasteiger partial charge in [0.05, 0.1) is 0 Å². The summed E-state index contributed by atoms with van der Waals surface area (Å²) in [4.78, 5) is 75.9. The highest BCUT2D eigenvalue weighted by Gasteiger charge is 2.55. The van der Waals surface area contributed by atoms with Crippen molar-refractivity contribution in [2.45, 2.75) is 36.7 Å². The van der Waals surface area contributed by atoms with Crippen LogP contribution in [0.2, 0.25) is 0 Å². The lowest BCUT2D eigenvalue weighted by Crippen LogP contribution is -2.71. The number of thioether (sulfide) groups is 2. The third kappa shape index (κ3) is 7.97. The van der Waals surface area contributed by atoms with Crippen LogP contribution in [0, 0.1) is 0 Å². The molecule has 4 unspecified atom stereocenters. The number of carbonyl (C=O) groups excluding carboxylic acids is 5. The number of ether oxygens (including phenoxy) is 4. The third-order valence-electron chi connectivity index (χ3n) is 7.86. The molecule has 2 fully saturated rings. The maximum absolute atomic E-state index is 13.6. The number of cyclic esters (lactones) is 2. The van der Waals surface area contributed by atoms with Crippen molar-refractivity contribution in [2.24, 2.45) is 5.16 Å². The fraction of sp³-hybridized carbons (Fsp3) is 0.303. The third-order valence-corrected chi connectivity index (χ3v) is 10.8. The van der Waals surface area contributed by atoms with Gasteiger partial charge in [0.15, 0.2) is 23.1 Å². The number of nitrogens with one attached hydrogen (secondary N) is 1. The van der Waals surface area contributed by atoms with Crippen LogP contribution in [-0.4, -0.2) is 94.3 Å². The zero-order valence-electron chi connectivity index (χ0n) is 27.1. The van der Waals surface area contributed by atoms with Gasteiger partial charge in [0.25, 0.3) is 11.8 Å². The van der Waals surface area contributed by atoms with Crippen LogP contribution in [0.1, 0.15) is 29.8 Å². The zero-order chi connectivity index (χ0) is 36.1. The minimum absolute atomic E-state index is 0.0481. The molecule has 0 aliphatic carbocycles. The molecule has 266 valence electrons. The molecule has 0 radical (unpaired) electrons. The van der Waals surface area contributed by atoms with E-state index < -0.39 is 66.2 Å². The van der Waals surface area contributed by atoms with Gasteiger partial charge in [-0.3, -0.25) is 14.5 Å². The molecule has 0 spiro atoms. The molecule has 3 N–H and O–H groups in total. The molecule has 18 heteroatoms. The number of β-lactam (4-membered cyclic amide) rings is 1. The normalized spacial score (nSPS) is 21.3. The number of thiazole rings is 1. The lowest BCUT2D eigenvalue weighted by atomic mass is 10.0. The average Bonchev–Trinajstić information content (AvgIpc) is 3.72. The maximum Gasteiger partial charge on any atom is 0.509 e. The SMILES string of the molecule is CSC1=C(C(=O)OCC2OC(=O)OC2C)N2C(=O)C(NC(=O)/C(=N/OCC(=O)OC(c3ccccc3)c3ccccc3)c3csc(N)n3)C2SC1. The van der Waals surface area contributed by atoms with E-state index in [-0.39, 0.29) is 28.8 Å². The number of rotatable bonds is 13. The fourth-order valence-corrected chi connectivity index (χ4v) is 8.11. The number of benzene rings is 2. The fourth-order valence-electron chi connectivity index (χ4n) is 5.32. The number of fused-ring (bicyclic) bond motifs is 1. The monoisotopic (exact) mass is 753 g/mol. The molecular weight excluding hydrogens is 723 g/mol. The van der Waals surface area contributed by atoms with Crippen LogP contribution in [0.25, 0.3) is 0 Å². The van der Waals surface area contributed by atoms with E-state index in [9.17, 15) is 24.0 Å². The Hall–Kier alpha value is -5.07. The molecule has 2 saturated heterocycles. The molecule has 0 saturated carbocycles. The Morgan fingerprint density at radius 3 is 2.37 bits per heavy atom. The lowest BCUT2D eigenvalue weighted by molar-refractivity contribution is -0.153. The molecule has 15 nitrogen and oxygen atoms in total. The predicted molar refractivity (Wildman–Crippen MR) is 187 cm³/mol.